The second-order valence-electron chi connectivity index (χ2n) is 5.74. The number of benzene rings is 1. The van der Waals surface area contributed by atoms with Crippen LogP contribution in [0.4, 0.5) is 0 Å². The van der Waals surface area contributed by atoms with Crippen LogP contribution in [-0.2, 0) is 0 Å². The smallest absolute Gasteiger partial charge is 0.0995 e. The first kappa shape index (κ1) is 12.5. The highest BCUT2D eigenvalue weighted by atomic mass is 15.3. The van der Waals surface area contributed by atoms with Crippen molar-refractivity contribution in [2.75, 3.05) is 19.8 Å². The van der Waals surface area contributed by atoms with Gasteiger partial charge in [-0.05, 0) is 24.1 Å². The van der Waals surface area contributed by atoms with E-state index >= 15 is 0 Å². The van der Waals surface area contributed by atoms with Crippen molar-refractivity contribution in [1.82, 2.24) is 15.5 Å². The van der Waals surface area contributed by atoms with Crippen molar-refractivity contribution in [3.63, 3.8) is 0 Å². The highest BCUT2D eigenvalue weighted by Gasteiger charge is 2.42. The Kier molecular flexibility index (Phi) is 2.94. The fraction of sp³-hybridized carbons (Fsp3) is 0.353. The molecule has 1 aromatic carbocycles. The monoisotopic (exact) mass is 278 g/mol. The Morgan fingerprint density at radius 3 is 3.10 bits per heavy atom. The first-order chi connectivity index (χ1) is 10.4. The molecule has 1 saturated heterocycles. The molecule has 4 nitrogen and oxygen atoms in total. The minimum Gasteiger partial charge on any atom is -0.374 e. The summed E-state index contributed by atoms with van der Waals surface area (Å²) in [7, 11) is 0. The Labute approximate surface area is 124 Å². The third kappa shape index (κ3) is 1.85. The van der Waals surface area contributed by atoms with Gasteiger partial charge >= 0.3 is 0 Å². The lowest BCUT2D eigenvalue weighted by molar-refractivity contribution is 0.233. The van der Waals surface area contributed by atoms with Crippen molar-refractivity contribution in [1.29, 1.82) is 5.26 Å². The largest absolute Gasteiger partial charge is 0.374 e. The molecule has 1 aromatic rings. The lowest BCUT2D eigenvalue weighted by atomic mass is 9.89. The summed E-state index contributed by atoms with van der Waals surface area (Å²) in [6.07, 6.45) is 5.56. The van der Waals surface area contributed by atoms with Gasteiger partial charge in [0.05, 0.1) is 30.0 Å². The number of nitrogens with zero attached hydrogens (tertiary/aromatic N) is 2. The predicted octanol–water partition coefficient (Wildman–Crippen LogP) is 1.85. The molecule has 2 unspecified atom stereocenters. The van der Waals surface area contributed by atoms with Gasteiger partial charge in [0.1, 0.15) is 0 Å². The summed E-state index contributed by atoms with van der Waals surface area (Å²) in [6.45, 7) is 2.81. The van der Waals surface area contributed by atoms with Crippen molar-refractivity contribution in [2.45, 2.75) is 12.5 Å². The van der Waals surface area contributed by atoms with E-state index in [-0.39, 0.29) is 6.04 Å². The zero-order valence-corrected chi connectivity index (χ0v) is 11.8. The van der Waals surface area contributed by atoms with Crippen molar-refractivity contribution in [3.8, 4) is 6.07 Å². The minimum atomic E-state index is 0.260. The van der Waals surface area contributed by atoms with Crippen LogP contribution in [0.2, 0.25) is 0 Å². The van der Waals surface area contributed by atoms with Gasteiger partial charge in [0.15, 0.2) is 0 Å². The Hall–Kier alpha value is -2.25. The van der Waals surface area contributed by atoms with Gasteiger partial charge in [0, 0.05) is 24.7 Å². The number of allylic oxidation sites excluding steroid dienone is 1. The second kappa shape index (κ2) is 4.94. The average Bonchev–Trinajstić information content (AvgIpc) is 2.89. The standard InChI is InChI=1S/C17H18N4/c18-9-12-5-1-2-6-13(12)17-14-10-19-11-20-16(14)15-7-3-4-8-21(15)17/h1-3,5-7,14,17,19-20H,4,8,10-11H2. The Morgan fingerprint density at radius 2 is 2.19 bits per heavy atom. The van der Waals surface area contributed by atoms with Gasteiger partial charge in [-0.3, -0.25) is 5.32 Å². The van der Waals surface area contributed by atoms with E-state index in [1.54, 1.807) is 0 Å². The van der Waals surface area contributed by atoms with Crippen LogP contribution in [-0.4, -0.2) is 24.7 Å². The first-order valence-electron chi connectivity index (χ1n) is 7.51. The number of fused-ring (bicyclic) bond motifs is 2. The molecule has 21 heavy (non-hydrogen) atoms. The molecule has 0 amide bonds. The molecule has 3 aliphatic heterocycles. The molecule has 2 atom stereocenters. The summed E-state index contributed by atoms with van der Waals surface area (Å²) < 4.78 is 0. The summed E-state index contributed by atoms with van der Waals surface area (Å²) in [5.41, 5.74) is 4.59. The molecule has 0 aliphatic carbocycles. The Morgan fingerprint density at radius 1 is 1.29 bits per heavy atom. The Bertz CT molecular complexity index is 668. The topological polar surface area (TPSA) is 51.1 Å². The molecule has 3 heterocycles. The molecular weight excluding hydrogens is 260 g/mol. The van der Waals surface area contributed by atoms with Gasteiger partial charge in [-0.25, -0.2) is 0 Å². The molecular formula is C17H18N4. The molecule has 0 aromatic heterocycles. The van der Waals surface area contributed by atoms with E-state index < -0.39 is 0 Å². The summed E-state index contributed by atoms with van der Waals surface area (Å²) in [6, 6.07) is 10.6. The third-order valence-electron chi connectivity index (χ3n) is 4.65. The van der Waals surface area contributed by atoms with E-state index in [4.69, 9.17) is 0 Å². The number of nitrogens with one attached hydrogen (secondary N) is 2. The maximum atomic E-state index is 9.44. The highest BCUT2D eigenvalue weighted by Crippen LogP contribution is 2.45. The van der Waals surface area contributed by atoms with E-state index in [0.29, 0.717) is 5.92 Å². The molecule has 0 spiro atoms. The van der Waals surface area contributed by atoms with Gasteiger partial charge in [0.25, 0.3) is 0 Å². The molecule has 3 aliphatic rings. The van der Waals surface area contributed by atoms with Crippen LogP contribution in [0.3, 0.4) is 0 Å². The third-order valence-corrected chi connectivity index (χ3v) is 4.65. The van der Waals surface area contributed by atoms with Crippen LogP contribution >= 0.6 is 0 Å². The second-order valence-corrected chi connectivity index (χ2v) is 5.74. The number of hydrogen-bond donors (Lipinski definition) is 2. The SMILES string of the molecule is N#Cc1ccccc1C1C2CNCNC2=C2C=CCCN21. The van der Waals surface area contributed by atoms with Crippen LogP contribution in [0.25, 0.3) is 0 Å². The Balaban J connectivity index is 1.83. The first-order valence-corrected chi connectivity index (χ1v) is 7.51. The normalized spacial score (nSPS) is 26.9. The molecule has 0 saturated carbocycles. The zero-order chi connectivity index (χ0) is 14.2. The molecule has 4 heteroatoms. The fourth-order valence-corrected chi connectivity index (χ4v) is 3.79. The predicted molar refractivity (Wildman–Crippen MR) is 80.9 cm³/mol. The minimum absolute atomic E-state index is 0.260. The van der Waals surface area contributed by atoms with E-state index in [0.717, 1.165) is 37.3 Å². The van der Waals surface area contributed by atoms with Gasteiger partial charge in [-0.1, -0.05) is 24.3 Å². The van der Waals surface area contributed by atoms with Gasteiger partial charge in [0.2, 0.25) is 0 Å². The molecule has 0 radical (unpaired) electrons. The van der Waals surface area contributed by atoms with Gasteiger partial charge < -0.3 is 10.2 Å². The number of rotatable bonds is 1. The van der Waals surface area contributed by atoms with Crippen LogP contribution in [0, 0.1) is 17.2 Å². The lowest BCUT2D eigenvalue weighted by Crippen LogP contribution is -2.43. The average molecular weight is 278 g/mol. The van der Waals surface area contributed by atoms with Crippen molar-refractivity contribution >= 4 is 0 Å². The van der Waals surface area contributed by atoms with Crippen LogP contribution in [0.5, 0.6) is 0 Å². The van der Waals surface area contributed by atoms with Crippen LogP contribution in [0.15, 0.2) is 47.8 Å². The summed E-state index contributed by atoms with van der Waals surface area (Å²) in [4.78, 5) is 2.47. The summed E-state index contributed by atoms with van der Waals surface area (Å²) in [5.74, 6) is 0.394. The van der Waals surface area contributed by atoms with Crippen molar-refractivity contribution in [3.05, 3.63) is 58.9 Å². The van der Waals surface area contributed by atoms with Crippen LogP contribution in [0.1, 0.15) is 23.6 Å². The number of hydrogen-bond acceptors (Lipinski definition) is 4. The van der Waals surface area contributed by atoms with E-state index in [2.05, 4.69) is 39.8 Å². The quantitative estimate of drug-likeness (QED) is 0.823. The van der Waals surface area contributed by atoms with Crippen LogP contribution < -0.4 is 10.6 Å². The number of nitriles is 1. The summed E-state index contributed by atoms with van der Waals surface area (Å²) >= 11 is 0. The van der Waals surface area contributed by atoms with E-state index in [1.807, 2.05) is 18.2 Å². The molecule has 2 N–H and O–H groups in total. The lowest BCUT2D eigenvalue weighted by Gasteiger charge is -2.34. The maximum Gasteiger partial charge on any atom is 0.0995 e. The molecule has 106 valence electrons. The van der Waals surface area contributed by atoms with Crippen molar-refractivity contribution < 1.29 is 0 Å². The van der Waals surface area contributed by atoms with Crippen molar-refractivity contribution in [2.24, 2.45) is 5.92 Å². The molecule has 1 fully saturated rings. The maximum absolute atomic E-state index is 9.44. The highest BCUT2D eigenvalue weighted by molar-refractivity contribution is 5.45. The summed E-state index contributed by atoms with van der Waals surface area (Å²) in [5, 5.41) is 16.4. The van der Waals surface area contributed by atoms with Gasteiger partial charge in [-0.15, -0.1) is 0 Å². The fourth-order valence-electron chi connectivity index (χ4n) is 3.79. The van der Waals surface area contributed by atoms with Gasteiger partial charge in [-0.2, -0.15) is 5.26 Å². The van der Waals surface area contributed by atoms with E-state index in [9.17, 15) is 5.26 Å². The van der Waals surface area contributed by atoms with E-state index in [1.165, 1.54) is 11.4 Å². The molecule has 4 rings (SSSR count). The molecule has 0 bridgehead atoms. The zero-order valence-electron chi connectivity index (χ0n) is 11.8.